The summed E-state index contributed by atoms with van der Waals surface area (Å²) in [5.74, 6) is 0.111. The van der Waals surface area contributed by atoms with E-state index in [1.54, 1.807) is 0 Å². The molecular weight excluding hydrogens is 292 g/mol. The standard InChI is InChI=1S/C14H21BrN2O/c1-4-9-17(10-8-15)14(18)12-6-5-7-13(11-12)16(2)3/h5-7,11H,4,8-10H2,1-3H3. The van der Waals surface area contributed by atoms with Gasteiger partial charge >= 0.3 is 0 Å². The Morgan fingerprint density at radius 1 is 1.28 bits per heavy atom. The number of alkyl halides is 1. The Morgan fingerprint density at radius 2 is 2.00 bits per heavy atom. The topological polar surface area (TPSA) is 23.6 Å². The highest BCUT2D eigenvalue weighted by molar-refractivity contribution is 9.09. The van der Waals surface area contributed by atoms with Crippen molar-refractivity contribution in [2.24, 2.45) is 0 Å². The van der Waals surface area contributed by atoms with Gasteiger partial charge < -0.3 is 9.80 Å². The summed E-state index contributed by atoms with van der Waals surface area (Å²) in [5, 5.41) is 0.812. The van der Waals surface area contributed by atoms with Crippen molar-refractivity contribution in [3.05, 3.63) is 29.8 Å². The lowest BCUT2D eigenvalue weighted by Crippen LogP contribution is -2.33. The predicted octanol–water partition coefficient (Wildman–Crippen LogP) is 3.00. The largest absolute Gasteiger partial charge is 0.378 e. The number of halogens is 1. The van der Waals surface area contributed by atoms with Crippen LogP contribution in [-0.4, -0.2) is 43.3 Å². The summed E-state index contributed by atoms with van der Waals surface area (Å²) in [6.07, 6.45) is 0.978. The third kappa shape index (κ3) is 4.02. The van der Waals surface area contributed by atoms with Crippen molar-refractivity contribution in [2.75, 3.05) is 37.4 Å². The number of carbonyl (C=O) groups is 1. The van der Waals surface area contributed by atoms with Crippen molar-refractivity contribution in [1.82, 2.24) is 4.90 Å². The summed E-state index contributed by atoms with van der Waals surface area (Å²) in [4.78, 5) is 16.3. The molecule has 18 heavy (non-hydrogen) atoms. The Hall–Kier alpha value is -1.03. The second-order valence-corrected chi connectivity index (χ2v) is 5.22. The molecule has 3 nitrogen and oxygen atoms in total. The summed E-state index contributed by atoms with van der Waals surface area (Å²) in [5.41, 5.74) is 1.81. The predicted molar refractivity (Wildman–Crippen MR) is 80.8 cm³/mol. The van der Waals surface area contributed by atoms with Gasteiger partial charge in [-0.05, 0) is 24.6 Å². The molecule has 0 aliphatic heterocycles. The zero-order chi connectivity index (χ0) is 13.5. The van der Waals surface area contributed by atoms with Crippen LogP contribution in [0, 0.1) is 0 Å². The molecule has 0 radical (unpaired) electrons. The number of benzene rings is 1. The number of carbonyl (C=O) groups excluding carboxylic acids is 1. The maximum Gasteiger partial charge on any atom is 0.253 e. The highest BCUT2D eigenvalue weighted by Gasteiger charge is 2.14. The van der Waals surface area contributed by atoms with Crippen molar-refractivity contribution in [3.63, 3.8) is 0 Å². The summed E-state index contributed by atoms with van der Waals surface area (Å²) in [7, 11) is 3.96. The second-order valence-electron chi connectivity index (χ2n) is 4.43. The highest BCUT2D eigenvalue weighted by Crippen LogP contribution is 2.15. The van der Waals surface area contributed by atoms with E-state index in [0.717, 1.165) is 36.1 Å². The fourth-order valence-electron chi connectivity index (χ4n) is 1.79. The van der Waals surface area contributed by atoms with Gasteiger partial charge in [0.2, 0.25) is 0 Å². The Kier molecular flexibility index (Phi) is 6.19. The quantitative estimate of drug-likeness (QED) is 0.754. The summed E-state index contributed by atoms with van der Waals surface area (Å²) in [6.45, 7) is 3.64. The van der Waals surface area contributed by atoms with E-state index in [9.17, 15) is 4.79 Å². The maximum absolute atomic E-state index is 12.4. The minimum Gasteiger partial charge on any atom is -0.378 e. The van der Waals surface area contributed by atoms with Gasteiger partial charge in [-0.1, -0.05) is 28.9 Å². The van der Waals surface area contributed by atoms with Crippen LogP contribution in [0.4, 0.5) is 5.69 Å². The first-order valence-electron chi connectivity index (χ1n) is 6.22. The first-order chi connectivity index (χ1) is 8.60. The van der Waals surface area contributed by atoms with Crippen molar-refractivity contribution in [2.45, 2.75) is 13.3 Å². The van der Waals surface area contributed by atoms with Crippen molar-refractivity contribution >= 4 is 27.5 Å². The van der Waals surface area contributed by atoms with Crippen LogP contribution in [0.3, 0.4) is 0 Å². The highest BCUT2D eigenvalue weighted by atomic mass is 79.9. The normalized spacial score (nSPS) is 10.2. The maximum atomic E-state index is 12.4. The van der Waals surface area contributed by atoms with E-state index in [1.165, 1.54) is 0 Å². The van der Waals surface area contributed by atoms with E-state index < -0.39 is 0 Å². The molecule has 4 heteroatoms. The Bertz CT molecular complexity index is 387. The summed E-state index contributed by atoms with van der Waals surface area (Å²) < 4.78 is 0. The molecule has 0 saturated carbocycles. The molecule has 0 N–H and O–H groups in total. The third-order valence-corrected chi connectivity index (χ3v) is 3.10. The minimum atomic E-state index is 0.111. The van der Waals surface area contributed by atoms with E-state index >= 15 is 0 Å². The molecule has 0 bridgehead atoms. The monoisotopic (exact) mass is 312 g/mol. The van der Waals surface area contributed by atoms with Crippen molar-refractivity contribution in [3.8, 4) is 0 Å². The first-order valence-corrected chi connectivity index (χ1v) is 7.35. The first kappa shape index (κ1) is 15.0. The number of hydrogen-bond acceptors (Lipinski definition) is 2. The summed E-state index contributed by atoms with van der Waals surface area (Å²) >= 11 is 3.40. The lowest BCUT2D eigenvalue weighted by atomic mass is 10.1. The minimum absolute atomic E-state index is 0.111. The average Bonchev–Trinajstić information content (AvgIpc) is 2.38. The fourth-order valence-corrected chi connectivity index (χ4v) is 2.21. The molecule has 1 amide bonds. The van der Waals surface area contributed by atoms with E-state index in [2.05, 4.69) is 22.9 Å². The van der Waals surface area contributed by atoms with Gasteiger partial charge in [0.05, 0.1) is 0 Å². The van der Waals surface area contributed by atoms with Crippen molar-refractivity contribution < 1.29 is 4.79 Å². The molecular formula is C14H21BrN2O. The van der Waals surface area contributed by atoms with Crippen LogP contribution >= 0.6 is 15.9 Å². The molecule has 0 spiro atoms. The third-order valence-electron chi connectivity index (χ3n) is 2.74. The molecule has 100 valence electrons. The molecule has 0 aliphatic carbocycles. The summed E-state index contributed by atoms with van der Waals surface area (Å²) in [6, 6.07) is 7.76. The molecule has 0 saturated heterocycles. The second kappa shape index (κ2) is 7.41. The Balaban J connectivity index is 2.90. The van der Waals surface area contributed by atoms with Crippen LogP contribution < -0.4 is 4.90 Å². The number of anilines is 1. The van der Waals surface area contributed by atoms with Gasteiger partial charge in [-0.3, -0.25) is 4.79 Å². The van der Waals surface area contributed by atoms with Crippen LogP contribution in [-0.2, 0) is 0 Å². The lowest BCUT2D eigenvalue weighted by molar-refractivity contribution is 0.0766. The average molecular weight is 313 g/mol. The Morgan fingerprint density at radius 3 is 2.56 bits per heavy atom. The van der Waals surface area contributed by atoms with E-state index in [-0.39, 0.29) is 5.91 Å². The van der Waals surface area contributed by atoms with E-state index in [0.29, 0.717) is 0 Å². The molecule has 0 atom stereocenters. The number of rotatable bonds is 6. The molecule has 1 aromatic carbocycles. The van der Waals surface area contributed by atoms with Gasteiger partial charge in [0.25, 0.3) is 5.91 Å². The molecule has 0 unspecified atom stereocenters. The zero-order valence-corrected chi connectivity index (χ0v) is 12.9. The number of amides is 1. The SMILES string of the molecule is CCCN(CCBr)C(=O)c1cccc(N(C)C)c1. The number of hydrogen-bond donors (Lipinski definition) is 0. The molecule has 0 fully saturated rings. The van der Waals surface area contributed by atoms with Gasteiger partial charge in [-0.2, -0.15) is 0 Å². The molecule has 1 rings (SSSR count). The molecule has 0 aliphatic rings. The zero-order valence-electron chi connectivity index (χ0n) is 11.3. The Labute approximate surface area is 118 Å². The van der Waals surface area contributed by atoms with Gasteiger partial charge in [0.1, 0.15) is 0 Å². The molecule has 1 aromatic rings. The van der Waals surface area contributed by atoms with Crippen LogP contribution in [0.5, 0.6) is 0 Å². The van der Waals surface area contributed by atoms with Gasteiger partial charge in [-0.15, -0.1) is 0 Å². The molecule has 0 aromatic heterocycles. The van der Waals surface area contributed by atoms with Crippen molar-refractivity contribution in [1.29, 1.82) is 0 Å². The fraction of sp³-hybridized carbons (Fsp3) is 0.500. The van der Waals surface area contributed by atoms with Gasteiger partial charge in [0.15, 0.2) is 0 Å². The van der Waals surface area contributed by atoms with Crippen LogP contribution in [0.1, 0.15) is 23.7 Å². The van der Waals surface area contributed by atoms with Gasteiger partial charge in [0, 0.05) is 43.8 Å². The smallest absolute Gasteiger partial charge is 0.253 e. The van der Waals surface area contributed by atoms with E-state index in [1.807, 2.05) is 48.2 Å². The van der Waals surface area contributed by atoms with Gasteiger partial charge in [-0.25, -0.2) is 0 Å². The lowest BCUT2D eigenvalue weighted by Gasteiger charge is -2.22. The molecule has 0 heterocycles. The van der Waals surface area contributed by atoms with Crippen LogP contribution in [0.15, 0.2) is 24.3 Å². The van der Waals surface area contributed by atoms with Crippen LogP contribution in [0.25, 0.3) is 0 Å². The van der Waals surface area contributed by atoms with E-state index in [4.69, 9.17) is 0 Å². The number of nitrogens with zero attached hydrogens (tertiary/aromatic N) is 2. The van der Waals surface area contributed by atoms with Crippen LogP contribution in [0.2, 0.25) is 0 Å².